The first-order valence-electron chi connectivity index (χ1n) is 5.98. The van der Waals surface area contributed by atoms with E-state index in [1.807, 2.05) is 0 Å². The number of halogens is 1. The number of para-hydroxylation sites is 1. The van der Waals surface area contributed by atoms with Crippen LogP contribution in [-0.2, 0) is 13.0 Å². The Kier molecular flexibility index (Phi) is 2.84. The number of nitrogens with two attached hydrogens (primary N) is 1. The lowest BCUT2D eigenvalue weighted by Crippen LogP contribution is -2.20. The van der Waals surface area contributed by atoms with Gasteiger partial charge in [0.2, 0.25) is 0 Å². The highest BCUT2D eigenvalue weighted by Crippen LogP contribution is 2.29. The van der Waals surface area contributed by atoms with E-state index in [4.69, 9.17) is 17.3 Å². The number of anilines is 2. The fourth-order valence-corrected chi connectivity index (χ4v) is 2.53. The smallest absolute Gasteiger partial charge is 0.123 e. The van der Waals surface area contributed by atoms with E-state index in [0.29, 0.717) is 17.4 Å². The summed E-state index contributed by atoms with van der Waals surface area (Å²) in [6.07, 6.45) is 1.08. The molecule has 0 atom stereocenters. The van der Waals surface area contributed by atoms with Crippen molar-refractivity contribution in [2.45, 2.75) is 13.0 Å². The third kappa shape index (κ3) is 2.02. The van der Waals surface area contributed by atoms with Gasteiger partial charge >= 0.3 is 0 Å². The minimum atomic E-state index is 0.516. The van der Waals surface area contributed by atoms with Gasteiger partial charge in [-0.05, 0) is 30.2 Å². The molecule has 92 valence electrons. The number of nitrogen functional groups attached to an aromatic ring is 1. The van der Waals surface area contributed by atoms with Crippen molar-refractivity contribution < 1.29 is 0 Å². The number of fused-ring (bicyclic) bond motifs is 1. The molecule has 0 saturated carbocycles. The molecular weight excluding hydrogens is 246 g/mol. The third-order valence-electron chi connectivity index (χ3n) is 3.26. The van der Waals surface area contributed by atoms with Crippen LogP contribution in [0.3, 0.4) is 0 Å². The first-order valence-corrected chi connectivity index (χ1v) is 6.35. The molecule has 0 saturated heterocycles. The Labute approximate surface area is 111 Å². The van der Waals surface area contributed by atoms with Gasteiger partial charge < -0.3 is 10.6 Å². The Hall–Kier alpha value is -1.74. The Balaban J connectivity index is 1.88. The SMILES string of the molecule is Nc1ccc(Cl)c(CN2CCc3ccccc32)n1. The second-order valence-corrected chi connectivity index (χ2v) is 4.87. The normalized spacial score (nSPS) is 13.7. The second-order valence-electron chi connectivity index (χ2n) is 4.46. The summed E-state index contributed by atoms with van der Waals surface area (Å²) < 4.78 is 0. The van der Waals surface area contributed by atoms with Crippen LogP contribution in [0.1, 0.15) is 11.3 Å². The van der Waals surface area contributed by atoms with E-state index >= 15 is 0 Å². The summed E-state index contributed by atoms with van der Waals surface area (Å²) >= 11 is 6.16. The van der Waals surface area contributed by atoms with Crippen molar-refractivity contribution in [2.24, 2.45) is 0 Å². The molecule has 0 spiro atoms. The van der Waals surface area contributed by atoms with Crippen LogP contribution in [0.5, 0.6) is 0 Å². The number of hydrogen-bond donors (Lipinski definition) is 1. The Morgan fingerprint density at radius 3 is 2.94 bits per heavy atom. The highest BCUT2D eigenvalue weighted by molar-refractivity contribution is 6.31. The van der Waals surface area contributed by atoms with Crippen molar-refractivity contribution in [3.8, 4) is 0 Å². The molecule has 0 unspecified atom stereocenters. The van der Waals surface area contributed by atoms with Crippen molar-refractivity contribution in [2.75, 3.05) is 17.2 Å². The molecule has 0 radical (unpaired) electrons. The van der Waals surface area contributed by atoms with Crippen molar-refractivity contribution in [3.63, 3.8) is 0 Å². The van der Waals surface area contributed by atoms with Crippen molar-refractivity contribution in [3.05, 3.63) is 52.7 Å². The molecular formula is C14H14ClN3. The van der Waals surface area contributed by atoms with Gasteiger partial charge in [-0.3, -0.25) is 0 Å². The van der Waals surface area contributed by atoms with Crippen LogP contribution in [0, 0.1) is 0 Å². The average Bonchev–Trinajstić information content (AvgIpc) is 2.78. The molecule has 18 heavy (non-hydrogen) atoms. The zero-order valence-corrected chi connectivity index (χ0v) is 10.7. The van der Waals surface area contributed by atoms with Gasteiger partial charge in [0.05, 0.1) is 17.3 Å². The van der Waals surface area contributed by atoms with Gasteiger partial charge in [-0.1, -0.05) is 29.8 Å². The van der Waals surface area contributed by atoms with Gasteiger partial charge in [0, 0.05) is 12.2 Å². The number of rotatable bonds is 2. The maximum Gasteiger partial charge on any atom is 0.123 e. The van der Waals surface area contributed by atoms with Crippen LogP contribution in [0.2, 0.25) is 5.02 Å². The lowest BCUT2D eigenvalue weighted by atomic mass is 10.2. The number of aromatic nitrogens is 1. The van der Waals surface area contributed by atoms with Gasteiger partial charge in [0.1, 0.15) is 5.82 Å². The second kappa shape index (κ2) is 4.50. The van der Waals surface area contributed by atoms with Crippen LogP contribution in [0.15, 0.2) is 36.4 Å². The quantitative estimate of drug-likeness (QED) is 0.902. The molecule has 2 heterocycles. The van der Waals surface area contributed by atoms with Crippen molar-refractivity contribution in [1.29, 1.82) is 0 Å². The predicted molar refractivity (Wildman–Crippen MR) is 74.9 cm³/mol. The standard InChI is InChI=1S/C14H14ClN3/c15-11-5-6-14(16)17-12(11)9-18-8-7-10-3-1-2-4-13(10)18/h1-6H,7-9H2,(H2,16,17). The minimum absolute atomic E-state index is 0.516. The third-order valence-corrected chi connectivity index (χ3v) is 3.61. The molecule has 1 aliphatic rings. The first-order chi connectivity index (χ1) is 8.74. The highest BCUT2D eigenvalue weighted by atomic mass is 35.5. The van der Waals surface area contributed by atoms with Gasteiger partial charge in [-0.2, -0.15) is 0 Å². The molecule has 4 heteroatoms. The van der Waals surface area contributed by atoms with Crippen LogP contribution >= 0.6 is 11.6 Å². The van der Waals surface area contributed by atoms with E-state index in [2.05, 4.69) is 34.1 Å². The molecule has 3 rings (SSSR count). The van der Waals surface area contributed by atoms with E-state index < -0.39 is 0 Å². The summed E-state index contributed by atoms with van der Waals surface area (Å²) in [4.78, 5) is 6.61. The largest absolute Gasteiger partial charge is 0.384 e. The molecule has 1 aliphatic heterocycles. The van der Waals surface area contributed by atoms with Crippen molar-refractivity contribution >= 4 is 23.1 Å². The first kappa shape index (κ1) is 11.4. The van der Waals surface area contributed by atoms with Crippen LogP contribution in [-0.4, -0.2) is 11.5 Å². The van der Waals surface area contributed by atoms with Crippen LogP contribution < -0.4 is 10.6 Å². The summed E-state index contributed by atoms with van der Waals surface area (Å²) in [6.45, 7) is 1.72. The zero-order valence-electron chi connectivity index (χ0n) is 9.94. The van der Waals surface area contributed by atoms with E-state index in [1.54, 1.807) is 12.1 Å². The Bertz CT molecular complexity index is 583. The lowest BCUT2D eigenvalue weighted by molar-refractivity contribution is 0.816. The van der Waals surface area contributed by atoms with E-state index in [-0.39, 0.29) is 0 Å². The molecule has 3 nitrogen and oxygen atoms in total. The van der Waals surface area contributed by atoms with Gasteiger partial charge in [0.15, 0.2) is 0 Å². The number of hydrogen-bond acceptors (Lipinski definition) is 3. The predicted octanol–water partition coefficient (Wildman–Crippen LogP) is 2.88. The number of pyridine rings is 1. The molecule has 1 aromatic heterocycles. The molecule has 1 aromatic carbocycles. The Morgan fingerprint density at radius 2 is 2.06 bits per heavy atom. The van der Waals surface area contributed by atoms with Crippen molar-refractivity contribution in [1.82, 2.24) is 4.98 Å². The summed E-state index contributed by atoms with van der Waals surface area (Å²) in [5.74, 6) is 0.516. The van der Waals surface area contributed by atoms with Gasteiger partial charge in [0.25, 0.3) is 0 Å². The Morgan fingerprint density at radius 1 is 1.22 bits per heavy atom. The van der Waals surface area contributed by atoms with Gasteiger partial charge in [-0.15, -0.1) is 0 Å². The molecule has 0 aliphatic carbocycles. The van der Waals surface area contributed by atoms with Crippen LogP contribution in [0.25, 0.3) is 0 Å². The fourth-order valence-electron chi connectivity index (χ4n) is 2.36. The molecule has 0 amide bonds. The summed E-state index contributed by atoms with van der Waals surface area (Å²) in [7, 11) is 0. The summed E-state index contributed by atoms with van der Waals surface area (Å²) in [5.41, 5.74) is 9.21. The maximum absolute atomic E-state index is 6.16. The average molecular weight is 260 g/mol. The highest BCUT2D eigenvalue weighted by Gasteiger charge is 2.19. The fraction of sp³-hybridized carbons (Fsp3) is 0.214. The minimum Gasteiger partial charge on any atom is -0.384 e. The lowest BCUT2D eigenvalue weighted by Gasteiger charge is -2.19. The van der Waals surface area contributed by atoms with E-state index in [0.717, 1.165) is 18.7 Å². The molecule has 2 N–H and O–H groups in total. The monoisotopic (exact) mass is 259 g/mol. The molecule has 0 fully saturated rings. The van der Waals surface area contributed by atoms with E-state index in [9.17, 15) is 0 Å². The summed E-state index contributed by atoms with van der Waals surface area (Å²) in [6, 6.07) is 12.0. The van der Waals surface area contributed by atoms with E-state index in [1.165, 1.54) is 11.3 Å². The topological polar surface area (TPSA) is 42.1 Å². The summed E-state index contributed by atoms with van der Waals surface area (Å²) in [5, 5.41) is 0.675. The maximum atomic E-state index is 6.16. The zero-order chi connectivity index (χ0) is 12.5. The number of nitrogens with zero attached hydrogens (tertiary/aromatic N) is 2. The molecule has 0 bridgehead atoms. The number of benzene rings is 1. The molecule has 2 aromatic rings. The van der Waals surface area contributed by atoms with Gasteiger partial charge in [-0.25, -0.2) is 4.98 Å². The van der Waals surface area contributed by atoms with Crippen LogP contribution in [0.4, 0.5) is 11.5 Å².